The SMILES string of the molecule is C1CC1.C=CC(=O)OC.CC1CCCC[Si]1(C)C. The van der Waals surface area contributed by atoms with E-state index in [1.165, 1.54) is 45.6 Å². The number of methoxy groups -OCH3 is 1. The standard InChI is InChI=1S/C8H18Si.C4H6O2.C3H6/c1-8-6-4-5-7-9(8,2)3;1-3-4(5)6-2;1-2-3-1/h8H,4-7H2,1-3H3;3H,1H2,2H3;1-3H2. The van der Waals surface area contributed by atoms with E-state index in [0.29, 0.717) is 0 Å². The molecule has 0 amide bonds. The summed E-state index contributed by atoms with van der Waals surface area (Å²) in [6.07, 6.45) is 10.1. The summed E-state index contributed by atoms with van der Waals surface area (Å²) >= 11 is 0. The molecule has 1 saturated carbocycles. The van der Waals surface area contributed by atoms with Crippen LogP contribution in [0.1, 0.15) is 45.4 Å². The molecule has 0 N–H and O–H groups in total. The van der Waals surface area contributed by atoms with Gasteiger partial charge in [0.1, 0.15) is 0 Å². The summed E-state index contributed by atoms with van der Waals surface area (Å²) in [5.41, 5.74) is 1.09. The molecule has 0 aromatic heterocycles. The summed E-state index contributed by atoms with van der Waals surface area (Å²) < 4.78 is 4.14. The van der Waals surface area contributed by atoms with Crippen LogP contribution in [0.25, 0.3) is 0 Å². The van der Waals surface area contributed by atoms with E-state index < -0.39 is 14.0 Å². The van der Waals surface area contributed by atoms with Crippen molar-refractivity contribution in [3.8, 4) is 0 Å². The van der Waals surface area contributed by atoms with Crippen molar-refractivity contribution in [2.24, 2.45) is 0 Å². The second-order valence-corrected chi connectivity index (χ2v) is 11.4. The van der Waals surface area contributed by atoms with Crippen molar-refractivity contribution in [3.05, 3.63) is 12.7 Å². The summed E-state index contributed by atoms with van der Waals surface area (Å²) in [4.78, 5) is 9.84. The maximum absolute atomic E-state index is 9.84. The Morgan fingerprint density at radius 3 is 1.94 bits per heavy atom. The molecular formula is C15H30O2Si. The third-order valence-electron chi connectivity index (χ3n) is 3.76. The van der Waals surface area contributed by atoms with Crippen molar-refractivity contribution < 1.29 is 9.53 Å². The molecule has 2 fully saturated rings. The highest BCUT2D eigenvalue weighted by atomic mass is 28.3. The van der Waals surface area contributed by atoms with Gasteiger partial charge in [-0.1, -0.05) is 71.2 Å². The zero-order chi connectivity index (χ0) is 14.0. The van der Waals surface area contributed by atoms with Gasteiger partial charge in [-0.3, -0.25) is 0 Å². The van der Waals surface area contributed by atoms with Crippen LogP contribution >= 0.6 is 0 Å². The normalized spacial score (nSPS) is 23.4. The van der Waals surface area contributed by atoms with Crippen molar-refractivity contribution in [2.75, 3.05) is 7.11 Å². The van der Waals surface area contributed by atoms with E-state index in [2.05, 4.69) is 31.3 Å². The van der Waals surface area contributed by atoms with E-state index in [4.69, 9.17) is 0 Å². The molecular weight excluding hydrogens is 240 g/mol. The number of esters is 1. The van der Waals surface area contributed by atoms with Crippen LogP contribution in [0.3, 0.4) is 0 Å². The van der Waals surface area contributed by atoms with Crippen LogP contribution in [-0.4, -0.2) is 21.2 Å². The van der Waals surface area contributed by atoms with Crippen LogP contribution < -0.4 is 0 Å². The molecule has 106 valence electrons. The van der Waals surface area contributed by atoms with E-state index in [0.717, 1.165) is 11.6 Å². The maximum Gasteiger partial charge on any atom is 0.329 e. The molecule has 0 aromatic carbocycles. The number of carbonyl (C=O) groups is 1. The van der Waals surface area contributed by atoms with Crippen molar-refractivity contribution >= 4 is 14.0 Å². The molecule has 18 heavy (non-hydrogen) atoms. The van der Waals surface area contributed by atoms with Crippen LogP contribution in [0, 0.1) is 0 Å². The predicted molar refractivity (Wildman–Crippen MR) is 81.6 cm³/mol. The zero-order valence-electron chi connectivity index (χ0n) is 12.6. The predicted octanol–water partition coefficient (Wildman–Crippen LogP) is 4.78. The minimum Gasteiger partial charge on any atom is -0.466 e. The van der Waals surface area contributed by atoms with E-state index >= 15 is 0 Å². The fourth-order valence-corrected chi connectivity index (χ4v) is 4.39. The summed E-state index contributed by atoms with van der Waals surface area (Å²) in [6.45, 7) is 10.7. The molecule has 1 aliphatic carbocycles. The van der Waals surface area contributed by atoms with Gasteiger partial charge in [-0.05, 0) is 5.54 Å². The Balaban J connectivity index is 0.000000275. The first-order valence-electron chi connectivity index (χ1n) is 7.14. The number of ether oxygens (including phenoxy) is 1. The van der Waals surface area contributed by atoms with Gasteiger partial charge in [0.25, 0.3) is 0 Å². The molecule has 2 nitrogen and oxygen atoms in total. The topological polar surface area (TPSA) is 26.3 Å². The second-order valence-electron chi connectivity index (χ2n) is 5.92. The number of hydrogen-bond donors (Lipinski definition) is 0. The van der Waals surface area contributed by atoms with Gasteiger partial charge in [0.15, 0.2) is 0 Å². The molecule has 3 heteroatoms. The Morgan fingerprint density at radius 2 is 1.78 bits per heavy atom. The van der Waals surface area contributed by atoms with E-state index in [1.54, 1.807) is 6.04 Å². The molecule has 1 aliphatic heterocycles. The molecule has 0 aromatic rings. The van der Waals surface area contributed by atoms with Crippen molar-refractivity contribution in [3.63, 3.8) is 0 Å². The molecule has 1 heterocycles. The van der Waals surface area contributed by atoms with Gasteiger partial charge in [0, 0.05) is 6.08 Å². The lowest BCUT2D eigenvalue weighted by Gasteiger charge is -2.34. The Kier molecular flexibility index (Phi) is 9.07. The number of hydrogen-bond acceptors (Lipinski definition) is 2. The van der Waals surface area contributed by atoms with Crippen LogP contribution in [0.5, 0.6) is 0 Å². The van der Waals surface area contributed by atoms with Crippen LogP contribution in [-0.2, 0) is 9.53 Å². The lowest BCUT2D eigenvalue weighted by molar-refractivity contribution is -0.134. The molecule has 0 spiro atoms. The lowest BCUT2D eigenvalue weighted by Crippen LogP contribution is -2.33. The average Bonchev–Trinajstić information content (AvgIpc) is 3.20. The zero-order valence-corrected chi connectivity index (χ0v) is 13.6. The first kappa shape index (κ1) is 17.4. The van der Waals surface area contributed by atoms with Crippen molar-refractivity contribution in [1.82, 2.24) is 0 Å². The van der Waals surface area contributed by atoms with Crippen molar-refractivity contribution in [2.45, 2.75) is 70.1 Å². The Morgan fingerprint density at radius 1 is 1.22 bits per heavy atom. The van der Waals surface area contributed by atoms with Gasteiger partial charge >= 0.3 is 5.97 Å². The first-order chi connectivity index (χ1) is 8.44. The monoisotopic (exact) mass is 270 g/mol. The van der Waals surface area contributed by atoms with Gasteiger partial charge in [-0.25, -0.2) is 4.79 Å². The summed E-state index contributed by atoms with van der Waals surface area (Å²) in [6, 6.07) is 1.58. The summed E-state index contributed by atoms with van der Waals surface area (Å²) in [5, 5.41) is 0. The molecule has 1 atom stereocenters. The molecule has 2 rings (SSSR count). The largest absolute Gasteiger partial charge is 0.466 e. The molecule has 1 saturated heterocycles. The van der Waals surface area contributed by atoms with Gasteiger partial charge < -0.3 is 4.74 Å². The van der Waals surface area contributed by atoms with E-state index in [1.807, 2.05) is 0 Å². The quantitative estimate of drug-likeness (QED) is 0.389. The van der Waals surface area contributed by atoms with Gasteiger partial charge in [0.2, 0.25) is 0 Å². The Hall–Kier alpha value is -0.573. The smallest absolute Gasteiger partial charge is 0.329 e. The summed E-state index contributed by atoms with van der Waals surface area (Å²) in [5.74, 6) is -0.394. The fourth-order valence-electron chi connectivity index (χ4n) is 1.75. The van der Waals surface area contributed by atoms with Crippen LogP contribution in [0.4, 0.5) is 0 Å². The molecule has 2 aliphatic rings. The van der Waals surface area contributed by atoms with E-state index in [9.17, 15) is 4.79 Å². The highest BCUT2D eigenvalue weighted by Crippen LogP contribution is 2.36. The van der Waals surface area contributed by atoms with E-state index in [-0.39, 0.29) is 0 Å². The lowest BCUT2D eigenvalue weighted by atomic mass is 10.2. The van der Waals surface area contributed by atoms with Crippen LogP contribution in [0.2, 0.25) is 24.7 Å². The second kappa shape index (κ2) is 9.37. The third kappa shape index (κ3) is 9.46. The molecule has 1 unspecified atom stereocenters. The number of carbonyl (C=O) groups excluding carboxylic acids is 1. The highest BCUT2D eigenvalue weighted by Gasteiger charge is 2.30. The third-order valence-corrected chi connectivity index (χ3v) is 8.36. The number of rotatable bonds is 1. The average molecular weight is 270 g/mol. The Labute approximate surface area is 114 Å². The fraction of sp³-hybridized carbons (Fsp3) is 0.800. The molecule has 0 radical (unpaired) electrons. The van der Waals surface area contributed by atoms with Gasteiger partial charge in [-0.15, -0.1) is 0 Å². The first-order valence-corrected chi connectivity index (χ1v) is 10.4. The van der Waals surface area contributed by atoms with Gasteiger partial charge in [0.05, 0.1) is 15.2 Å². The molecule has 0 bridgehead atoms. The highest BCUT2D eigenvalue weighted by molar-refractivity contribution is 6.78. The minimum absolute atomic E-state index is 0.394. The van der Waals surface area contributed by atoms with Gasteiger partial charge in [-0.2, -0.15) is 0 Å². The Bertz CT molecular complexity index is 244. The maximum atomic E-state index is 9.84. The minimum atomic E-state index is -0.694. The van der Waals surface area contributed by atoms with Crippen LogP contribution in [0.15, 0.2) is 12.7 Å². The van der Waals surface area contributed by atoms with Crippen molar-refractivity contribution in [1.29, 1.82) is 0 Å². The summed E-state index contributed by atoms with van der Waals surface area (Å²) in [7, 11) is 0.616.